The highest BCUT2D eigenvalue weighted by atomic mass is 16.3. The molecule has 0 aliphatic carbocycles. The molecule has 290 valence electrons. The number of benzene rings is 2. The minimum Gasteiger partial charge on any atom is -0.507 e. The standard InChI is InChI=1S/C42H66N4O6/c1-5-9-12-14-16-18-23-32-25-20-27-35(47)37(32)41(51)45-43-39(49)31(8-4)29-30-34(22-11-7-3)40(50)44-46-42(52)38-33(26-21-28-36(38)48)24-19-17-15-13-10-6-2/h20-21,25-28,31,34,47-48H,5-19,22-24,29-30H2,1-4H3,(H,43,49)(H,44,50)(H,45,51)(H,46,52). The number of rotatable bonds is 25. The molecule has 2 aromatic carbocycles. The van der Waals surface area contributed by atoms with Gasteiger partial charge in [0.05, 0.1) is 11.1 Å². The summed E-state index contributed by atoms with van der Waals surface area (Å²) in [5, 5.41) is 21.0. The van der Waals surface area contributed by atoms with Gasteiger partial charge in [-0.3, -0.25) is 40.9 Å². The molecule has 2 rings (SSSR count). The van der Waals surface area contributed by atoms with Crippen LogP contribution in [0, 0.1) is 11.8 Å². The number of aromatic hydroxyl groups is 2. The van der Waals surface area contributed by atoms with E-state index < -0.39 is 23.7 Å². The highest BCUT2D eigenvalue weighted by Crippen LogP contribution is 2.25. The third kappa shape index (κ3) is 15.7. The van der Waals surface area contributed by atoms with Crippen molar-refractivity contribution in [1.29, 1.82) is 0 Å². The summed E-state index contributed by atoms with van der Waals surface area (Å²) in [5.41, 5.74) is 11.9. The van der Waals surface area contributed by atoms with E-state index >= 15 is 0 Å². The summed E-state index contributed by atoms with van der Waals surface area (Å²) in [6.07, 6.45) is 18.2. The normalized spacial score (nSPS) is 12.2. The molecule has 0 aromatic heterocycles. The highest BCUT2D eigenvalue weighted by molar-refractivity contribution is 6.00. The lowest BCUT2D eigenvalue weighted by molar-refractivity contribution is -0.128. The van der Waals surface area contributed by atoms with E-state index in [0.29, 0.717) is 38.5 Å². The predicted octanol–water partition coefficient (Wildman–Crippen LogP) is 8.74. The van der Waals surface area contributed by atoms with Crippen LogP contribution < -0.4 is 21.7 Å². The fourth-order valence-corrected chi connectivity index (χ4v) is 6.65. The third-order valence-electron chi connectivity index (χ3n) is 9.91. The molecule has 2 unspecified atom stereocenters. The van der Waals surface area contributed by atoms with Gasteiger partial charge in [-0.25, -0.2) is 0 Å². The molecule has 0 saturated carbocycles. The molecule has 2 atom stereocenters. The molecule has 0 fully saturated rings. The Morgan fingerprint density at radius 1 is 0.500 bits per heavy atom. The summed E-state index contributed by atoms with van der Waals surface area (Å²) in [6.45, 7) is 8.27. The van der Waals surface area contributed by atoms with Crippen molar-refractivity contribution in [2.75, 3.05) is 0 Å². The summed E-state index contributed by atoms with van der Waals surface area (Å²) in [4.78, 5) is 52.8. The smallest absolute Gasteiger partial charge is 0.273 e. The molecule has 0 aliphatic rings. The number of aryl methyl sites for hydroxylation is 2. The van der Waals surface area contributed by atoms with Crippen LogP contribution in [0.2, 0.25) is 0 Å². The molecule has 0 saturated heterocycles. The first-order chi connectivity index (χ1) is 25.2. The van der Waals surface area contributed by atoms with Gasteiger partial charge in [0.25, 0.3) is 11.8 Å². The Kier molecular flexibility index (Phi) is 21.9. The zero-order chi connectivity index (χ0) is 38.1. The molecule has 0 radical (unpaired) electrons. The Hall–Kier alpha value is -4.08. The fraction of sp³-hybridized carbons (Fsp3) is 0.619. The van der Waals surface area contributed by atoms with Gasteiger partial charge in [-0.15, -0.1) is 0 Å². The summed E-state index contributed by atoms with van der Waals surface area (Å²) in [6, 6.07) is 10.1. The van der Waals surface area contributed by atoms with Crippen molar-refractivity contribution in [2.45, 2.75) is 156 Å². The lowest BCUT2D eigenvalue weighted by atomic mass is 9.90. The maximum atomic E-state index is 13.3. The van der Waals surface area contributed by atoms with Gasteiger partial charge >= 0.3 is 0 Å². The zero-order valence-corrected chi connectivity index (χ0v) is 32.3. The van der Waals surface area contributed by atoms with Crippen molar-refractivity contribution in [1.82, 2.24) is 21.7 Å². The van der Waals surface area contributed by atoms with E-state index in [1.807, 2.05) is 26.0 Å². The van der Waals surface area contributed by atoms with Crippen LogP contribution >= 0.6 is 0 Å². The monoisotopic (exact) mass is 722 g/mol. The van der Waals surface area contributed by atoms with E-state index in [-0.39, 0.29) is 34.4 Å². The van der Waals surface area contributed by atoms with Crippen LogP contribution in [-0.4, -0.2) is 33.8 Å². The van der Waals surface area contributed by atoms with E-state index in [1.54, 1.807) is 12.1 Å². The van der Waals surface area contributed by atoms with Gasteiger partial charge in [-0.2, -0.15) is 0 Å². The van der Waals surface area contributed by atoms with Gasteiger partial charge in [0, 0.05) is 11.8 Å². The zero-order valence-electron chi connectivity index (χ0n) is 32.3. The number of hydrazine groups is 2. The lowest BCUT2D eigenvalue weighted by Gasteiger charge is -2.21. The summed E-state index contributed by atoms with van der Waals surface area (Å²) in [7, 11) is 0. The van der Waals surface area contributed by atoms with Crippen LogP contribution in [-0.2, 0) is 22.4 Å². The van der Waals surface area contributed by atoms with E-state index in [9.17, 15) is 29.4 Å². The topological polar surface area (TPSA) is 157 Å². The molecular formula is C42H66N4O6. The Bertz CT molecular complexity index is 1380. The quantitative estimate of drug-likeness (QED) is 0.0445. The van der Waals surface area contributed by atoms with Crippen LogP contribution in [0.1, 0.15) is 175 Å². The van der Waals surface area contributed by atoms with Crippen molar-refractivity contribution in [3.63, 3.8) is 0 Å². The van der Waals surface area contributed by atoms with Crippen LogP contribution in [0.25, 0.3) is 0 Å². The average Bonchev–Trinajstić information content (AvgIpc) is 3.13. The largest absolute Gasteiger partial charge is 0.507 e. The van der Waals surface area contributed by atoms with Gasteiger partial charge < -0.3 is 10.2 Å². The minimum absolute atomic E-state index is 0.127. The molecule has 2 aromatic rings. The maximum absolute atomic E-state index is 13.3. The first kappa shape index (κ1) is 44.1. The van der Waals surface area contributed by atoms with Crippen LogP contribution in [0.15, 0.2) is 36.4 Å². The molecule has 10 nitrogen and oxygen atoms in total. The molecular weight excluding hydrogens is 656 g/mol. The second kappa shape index (κ2) is 25.8. The minimum atomic E-state index is -0.571. The van der Waals surface area contributed by atoms with Crippen molar-refractivity contribution in [3.05, 3.63) is 58.7 Å². The number of phenolic OH excluding ortho intramolecular Hbond substituents is 2. The molecule has 10 heteroatoms. The summed E-state index contributed by atoms with van der Waals surface area (Å²) in [5.74, 6) is -3.03. The van der Waals surface area contributed by atoms with Gasteiger partial charge in [-0.1, -0.05) is 129 Å². The molecule has 4 amide bonds. The van der Waals surface area contributed by atoms with Gasteiger partial charge in [0.15, 0.2) is 0 Å². The van der Waals surface area contributed by atoms with E-state index in [0.717, 1.165) is 62.5 Å². The van der Waals surface area contributed by atoms with Crippen LogP contribution in [0.5, 0.6) is 11.5 Å². The van der Waals surface area contributed by atoms with E-state index in [1.165, 1.54) is 50.7 Å². The average molecular weight is 723 g/mol. The highest BCUT2D eigenvalue weighted by Gasteiger charge is 2.25. The second-order valence-electron chi connectivity index (χ2n) is 14.1. The third-order valence-corrected chi connectivity index (χ3v) is 9.91. The first-order valence-electron chi connectivity index (χ1n) is 20.0. The van der Waals surface area contributed by atoms with Crippen molar-refractivity contribution in [3.8, 4) is 11.5 Å². The molecule has 0 spiro atoms. The molecule has 0 bridgehead atoms. The Morgan fingerprint density at radius 2 is 0.904 bits per heavy atom. The summed E-state index contributed by atoms with van der Waals surface area (Å²) >= 11 is 0. The van der Waals surface area contributed by atoms with Gasteiger partial charge in [-0.05, 0) is 74.6 Å². The number of hydrogen-bond donors (Lipinski definition) is 6. The molecule has 0 aliphatic heterocycles. The lowest BCUT2D eigenvalue weighted by Crippen LogP contribution is -2.46. The number of carbonyl (C=O) groups is 4. The van der Waals surface area contributed by atoms with Gasteiger partial charge in [0.1, 0.15) is 11.5 Å². The van der Waals surface area contributed by atoms with Crippen molar-refractivity contribution >= 4 is 23.6 Å². The van der Waals surface area contributed by atoms with Crippen molar-refractivity contribution in [2.24, 2.45) is 11.8 Å². The number of nitrogens with one attached hydrogen (secondary N) is 4. The Labute approximate surface area is 312 Å². The molecule has 52 heavy (non-hydrogen) atoms. The van der Waals surface area contributed by atoms with Crippen LogP contribution in [0.4, 0.5) is 0 Å². The number of unbranched alkanes of at least 4 members (excludes halogenated alkanes) is 11. The fourth-order valence-electron chi connectivity index (χ4n) is 6.65. The van der Waals surface area contributed by atoms with Crippen LogP contribution in [0.3, 0.4) is 0 Å². The van der Waals surface area contributed by atoms with Gasteiger partial charge in [0.2, 0.25) is 11.8 Å². The van der Waals surface area contributed by atoms with Crippen molar-refractivity contribution < 1.29 is 29.4 Å². The number of phenols is 2. The maximum Gasteiger partial charge on any atom is 0.273 e. The first-order valence-corrected chi connectivity index (χ1v) is 20.0. The number of carbonyl (C=O) groups excluding carboxylic acids is 4. The molecule has 6 N–H and O–H groups in total. The Balaban J connectivity index is 1.95. The number of hydrogen-bond acceptors (Lipinski definition) is 6. The second-order valence-corrected chi connectivity index (χ2v) is 14.1. The molecule has 0 heterocycles. The Morgan fingerprint density at radius 3 is 1.35 bits per heavy atom. The number of amides is 4. The SMILES string of the molecule is CCCCCCCCc1cccc(O)c1C(=O)NNC(=O)C(CC)CCC(CCCC)C(=O)NNC(=O)c1c(O)cccc1CCCCCCCC. The van der Waals surface area contributed by atoms with E-state index in [4.69, 9.17) is 0 Å². The predicted molar refractivity (Wildman–Crippen MR) is 208 cm³/mol. The summed E-state index contributed by atoms with van der Waals surface area (Å²) < 4.78 is 0. The van der Waals surface area contributed by atoms with E-state index in [2.05, 4.69) is 35.6 Å².